The van der Waals surface area contributed by atoms with Crippen molar-refractivity contribution in [2.24, 2.45) is 0 Å². The number of hydrogen-bond acceptors (Lipinski definition) is 7. The van der Waals surface area contributed by atoms with Gasteiger partial charge >= 0.3 is 0 Å². The van der Waals surface area contributed by atoms with Crippen LogP contribution in [0.1, 0.15) is 55.1 Å². The number of thioether (sulfide) groups is 1. The average molecular weight is 465 g/mol. The molecule has 0 aliphatic rings. The maximum absolute atomic E-state index is 12.4. The molecular formula is C25H28N4O3S. The van der Waals surface area contributed by atoms with Crippen molar-refractivity contribution in [1.29, 1.82) is 0 Å². The molecule has 2 N–H and O–H groups in total. The normalized spacial score (nSPS) is 11.3. The number of hydrogen-bond donors (Lipinski definition) is 2. The standard InChI is InChI=1S/C25H28N4O3S/c1-15(30)13-27-23(32)21-22(31)24(33-5)29-20(28-21)12-16-6-11-19(26-14-16)17-7-9-18(10-8-17)25(2,3)4/h6-11,14,31H,12-13H2,1-5H3,(H,27,32). The van der Waals surface area contributed by atoms with Crippen LogP contribution >= 0.6 is 11.8 Å². The third-order valence-corrected chi connectivity index (χ3v) is 5.71. The fourth-order valence-electron chi connectivity index (χ4n) is 3.17. The summed E-state index contributed by atoms with van der Waals surface area (Å²) >= 11 is 1.21. The highest BCUT2D eigenvalue weighted by Gasteiger charge is 2.20. The van der Waals surface area contributed by atoms with Gasteiger partial charge in [0.2, 0.25) is 0 Å². The number of nitrogens with zero attached hydrogens (tertiary/aromatic N) is 3. The molecule has 0 saturated heterocycles. The van der Waals surface area contributed by atoms with Crippen molar-refractivity contribution in [2.75, 3.05) is 12.8 Å². The first-order valence-electron chi connectivity index (χ1n) is 10.6. The Balaban J connectivity index is 1.81. The molecule has 0 aliphatic heterocycles. The summed E-state index contributed by atoms with van der Waals surface area (Å²) < 4.78 is 0. The van der Waals surface area contributed by atoms with E-state index < -0.39 is 5.91 Å². The number of rotatable bonds is 7. The minimum absolute atomic E-state index is 0.0946. The molecule has 2 heterocycles. The van der Waals surface area contributed by atoms with E-state index >= 15 is 0 Å². The van der Waals surface area contributed by atoms with E-state index in [4.69, 9.17) is 0 Å². The largest absolute Gasteiger partial charge is 0.503 e. The molecule has 3 aromatic rings. The van der Waals surface area contributed by atoms with E-state index in [-0.39, 0.29) is 29.2 Å². The Morgan fingerprint density at radius 3 is 2.30 bits per heavy atom. The Kier molecular flexibility index (Phi) is 7.48. The molecule has 0 atom stereocenters. The molecule has 2 aromatic heterocycles. The third kappa shape index (κ3) is 6.16. The third-order valence-electron chi connectivity index (χ3n) is 5.04. The fraction of sp³-hybridized carbons (Fsp3) is 0.320. The van der Waals surface area contributed by atoms with Crippen LogP contribution in [0.25, 0.3) is 11.3 Å². The molecule has 0 saturated carbocycles. The number of aromatic nitrogens is 3. The highest BCUT2D eigenvalue weighted by molar-refractivity contribution is 7.98. The number of nitrogens with one attached hydrogen (secondary N) is 1. The van der Waals surface area contributed by atoms with Crippen LogP contribution < -0.4 is 5.32 Å². The van der Waals surface area contributed by atoms with Crippen molar-refractivity contribution in [3.8, 4) is 17.0 Å². The van der Waals surface area contributed by atoms with Crippen LogP contribution in [0, 0.1) is 0 Å². The fourth-order valence-corrected chi connectivity index (χ4v) is 3.66. The van der Waals surface area contributed by atoms with Gasteiger partial charge in [-0.2, -0.15) is 0 Å². The van der Waals surface area contributed by atoms with Crippen LogP contribution in [-0.2, 0) is 16.6 Å². The summed E-state index contributed by atoms with van der Waals surface area (Å²) in [6, 6.07) is 12.3. The van der Waals surface area contributed by atoms with E-state index in [0.717, 1.165) is 16.8 Å². The number of amides is 1. The van der Waals surface area contributed by atoms with E-state index in [1.165, 1.54) is 24.2 Å². The summed E-state index contributed by atoms with van der Waals surface area (Å²) in [5.74, 6) is -0.719. The molecule has 3 rings (SSSR count). The first kappa shape index (κ1) is 24.4. The van der Waals surface area contributed by atoms with Crippen molar-refractivity contribution in [3.05, 3.63) is 65.2 Å². The van der Waals surface area contributed by atoms with E-state index in [1.807, 2.05) is 12.1 Å². The Hall–Kier alpha value is -3.26. The Bertz CT molecular complexity index is 1150. The summed E-state index contributed by atoms with van der Waals surface area (Å²) in [5.41, 5.74) is 3.98. The summed E-state index contributed by atoms with van der Waals surface area (Å²) in [7, 11) is 0. The molecule has 0 unspecified atom stereocenters. The second kappa shape index (κ2) is 10.1. The van der Waals surface area contributed by atoms with E-state index in [2.05, 4.69) is 65.3 Å². The molecule has 0 spiro atoms. The van der Waals surface area contributed by atoms with Gasteiger partial charge in [-0.1, -0.05) is 51.1 Å². The molecule has 0 aliphatic carbocycles. The van der Waals surface area contributed by atoms with Crippen molar-refractivity contribution in [1.82, 2.24) is 20.3 Å². The van der Waals surface area contributed by atoms with Gasteiger partial charge in [0.05, 0.1) is 12.2 Å². The zero-order valence-electron chi connectivity index (χ0n) is 19.5. The number of carbonyl (C=O) groups excluding carboxylic acids is 2. The Labute approximate surface area is 198 Å². The lowest BCUT2D eigenvalue weighted by molar-refractivity contribution is -0.116. The lowest BCUT2D eigenvalue weighted by Gasteiger charge is -2.19. The van der Waals surface area contributed by atoms with Gasteiger partial charge in [-0.05, 0) is 35.8 Å². The smallest absolute Gasteiger partial charge is 0.274 e. The topological polar surface area (TPSA) is 105 Å². The number of aromatic hydroxyl groups is 1. The zero-order chi connectivity index (χ0) is 24.2. The minimum atomic E-state index is -0.617. The van der Waals surface area contributed by atoms with Crippen molar-refractivity contribution < 1.29 is 14.7 Å². The predicted octanol–water partition coefficient (Wildman–Crippen LogP) is 4.17. The van der Waals surface area contributed by atoms with Gasteiger partial charge in [0, 0.05) is 18.2 Å². The quantitative estimate of drug-likeness (QED) is 0.399. The molecule has 0 fully saturated rings. The minimum Gasteiger partial charge on any atom is -0.503 e. The molecule has 33 heavy (non-hydrogen) atoms. The SMILES string of the molecule is CSc1nc(Cc2ccc(-c3ccc(C(C)(C)C)cc3)nc2)nc(C(=O)NCC(C)=O)c1O. The average Bonchev–Trinajstić information content (AvgIpc) is 2.78. The summed E-state index contributed by atoms with van der Waals surface area (Å²) in [4.78, 5) is 36.7. The summed E-state index contributed by atoms with van der Waals surface area (Å²) in [6.07, 6.45) is 3.86. The van der Waals surface area contributed by atoms with Crippen LogP contribution in [0.15, 0.2) is 47.6 Å². The maximum atomic E-state index is 12.4. The molecular weight excluding hydrogens is 436 g/mol. The molecule has 1 aromatic carbocycles. The van der Waals surface area contributed by atoms with Crippen molar-refractivity contribution in [3.63, 3.8) is 0 Å². The maximum Gasteiger partial charge on any atom is 0.274 e. The van der Waals surface area contributed by atoms with Gasteiger partial charge < -0.3 is 10.4 Å². The van der Waals surface area contributed by atoms with Gasteiger partial charge in [0.1, 0.15) is 16.6 Å². The van der Waals surface area contributed by atoms with Gasteiger partial charge in [-0.3, -0.25) is 14.6 Å². The molecule has 7 nitrogen and oxygen atoms in total. The van der Waals surface area contributed by atoms with E-state index in [1.54, 1.807) is 12.5 Å². The first-order valence-corrected chi connectivity index (χ1v) is 11.8. The van der Waals surface area contributed by atoms with Gasteiger partial charge in [0.25, 0.3) is 5.91 Å². The van der Waals surface area contributed by atoms with Gasteiger partial charge in [-0.25, -0.2) is 9.97 Å². The number of pyridine rings is 1. The van der Waals surface area contributed by atoms with Crippen molar-refractivity contribution in [2.45, 2.75) is 44.6 Å². The molecule has 0 radical (unpaired) electrons. The number of carbonyl (C=O) groups is 2. The lowest BCUT2D eigenvalue weighted by atomic mass is 9.86. The highest BCUT2D eigenvalue weighted by atomic mass is 32.2. The molecule has 172 valence electrons. The van der Waals surface area contributed by atoms with Gasteiger partial charge in [0.15, 0.2) is 11.4 Å². The highest BCUT2D eigenvalue weighted by Crippen LogP contribution is 2.28. The lowest BCUT2D eigenvalue weighted by Crippen LogP contribution is -2.29. The number of Topliss-reactive ketones (excluding diaryl/α,β-unsaturated/α-hetero) is 1. The van der Waals surface area contributed by atoms with Crippen LogP contribution in [0.4, 0.5) is 0 Å². The van der Waals surface area contributed by atoms with Crippen LogP contribution in [0.5, 0.6) is 5.75 Å². The Morgan fingerprint density at radius 2 is 1.76 bits per heavy atom. The molecule has 8 heteroatoms. The molecule has 1 amide bonds. The van der Waals surface area contributed by atoms with Crippen LogP contribution in [0.3, 0.4) is 0 Å². The summed E-state index contributed by atoms with van der Waals surface area (Å²) in [6.45, 7) is 7.78. The van der Waals surface area contributed by atoms with Crippen LogP contribution in [-0.4, -0.2) is 44.5 Å². The second-order valence-electron chi connectivity index (χ2n) is 8.79. The molecule has 0 bridgehead atoms. The summed E-state index contributed by atoms with van der Waals surface area (Å²) in [5, 5.41) is 13.1. The number of ketones is 1. The first-order chi connectivity index (χ1) is 15.6. The second-order valence-corrected chi connectivity index (χ2v) is 9.58. The van der Waals surface area contributed by atoms with E-state index in [9.17, 15) is 14.7 Å². The van der Waals surface area contributed by atoms with Crippen molar-refractivity contribution >= 4 is 23.5 Å². The number of benzene rings is 1. The monoisotopic (exact) mass is 464 g/mol. The van der Waals surface area contributed by atoms with E-state index in [0.29, 0.717) is 17.3 Å². The van der Waals surface area contributed by atoms with Gasteiger partial charge in [-0.15, -0.1) is 11.8 Å². The van der Waals surface area contributed by atoms with Crippen LogP contribution in [0.2, 0.25) is 0 Å². The predicted molar refractivity (Wildman–Crippen MR) is 130 cm³/mol. The Morgan fingerprint density at radius 1 is 1.06 bits per heavy atom. The zero-order valence-corrected chi connectivity index (χ0v) is 20.3.